The van der Waals surface area contributed by atoms with Gasteiger partial charge in [-0.2, -0.15) is 0 Å². The van der Waals surface area contributed by atoms with E-state index < -0.39 is 0 Å². The Balaban J connectivity index is 0.000000126. The maximum atomic E-state index is 6.03. The van der Waals surface area contributed by atoms with E-state index in [0.717, 1.165) is 254 Å². The minimum Gasteiger partial charge on any atom is -0.490 e. The zero-order chi connectivity index (χ0) is 95.1. The van der Waals surface area contributed by atoms with Gasteiger partial charge in [-0.3, -0.25) is 24.9 Å². The van der Waals surface area contributed by atoms with Gasteiger partial charge in [0.1, 0.15) is 61.8 Å². The number of hydrogen-bond acceptors (Lipinski definition) is 25. The van der Waals surface area contributed by atoms with Gasteiger partial charge >= 0.3 is 0 Å². The molecule has 3 aromatic carbocycles. The number of nitrogens with one attached hydrogen (secondary N) is 5. The maximum absolute atomic E-state index is 6.03. The zero-order valence-corrected chi connectivity index (χ0v) is 84.2. The minimum absolute atomic E-state index is 0.474. The molecule has 2 saturated carbocycles. The van der Waals surface area contributed by atoms with E-state index in [-0.39, 0.29) is 0 Å². The summed E-state index contributed by atoms with van der Waals surface area (Å²) in [5, 5.41) is 17.4. The van der Waals surface area contributed by atoms with Crippen molar-refractivity contribution >= 4 is 28.4 Å². The lowest BCUT2D eigenvalue weighted by Gasteiger charge is -2.34. The van der Waals surface area contributed by atoms with Crippen LogP contribution in [0.5, 0.6) is 28.7 Å². The fourth-order valence-electron chi connectivity index (χ4n) is 20.9. The van der Waals surface area contributed by atoms with E-state index in [1.54, 1.807) is 0 Å². The second-order valence-electron chi connectivity index (χ2n) is 41.4. The van der Waals surface area contributed by atoms with Gasteiger partial charge in [-0.15, -0.1) is 0 Å². The summed E-state index contributed by atoms with van der Waals surface area (Å²) in [5.41, 5.74) is 9.70. The van der Waals surface area contributed by atoms with Crippen molar-refractivity contribution < 1.29 is 47.4 Å². The Morgan fingerprint density at radius 1 is 0.236 bits per heavy atom. The summed E-state index contributed by atoms with van der Waals surface area (Å²) in [6.07, 6.45) is 58.1. The number of aromatic nitrogens is 5. The molecule has 0 amide bonds. The molecule has 0 radical (unpaired) electrons. The van der Waals surface area contributed by atoms with Crippen molar-refractivity contribution in [2.75, 3.05) is 195 Å². The lowest BCUT2D eigenvalue weighted by molar-refractivity contribution is -0.00467. The van der Waals surface area contributed by atoms with E-state index in [1.807, 2.05) is 80.2 Å². The van der Waals surface area contributed by atoms with Crippen LogP contribution >= 0.6 is 0 Å². The van der Waals surface area contributed by atoms with Crippen molar-refractivity contribution in [2.24, 2.45) is 35.5 Å². The first-order valence-corrected chi connectivity index (χ1v) is 54.7. The summed E-state index contributed by atoms with van der Waals surface area (Å²) >= 11 is 0. The molecule has 5 N–H and O–H groups in total. The average Bonchev–Trinajstić information content (AvgIpc) is 1.04. The first-order chi connectivity index (χ1) is 69.3. The average molecular weight is 1920 g/mol. The number of hydrogen-bond donors (Lipinski definition) is 5. The Labute approximate surface area is 837 Å². The molecule has 140 heavy (non-hydrogen) atoms. The van der Waals surface area contributed by atoms with Crippen LogP contribution in [0.3, 0.4) is 0 Å². The molecule has 5 aromatic heterocycles. The van der Waals surface area contributed by atoms with E-state index in [4.69, 9.17) is 47.4 Å². The monoisotopic (exact) mass is 1920 g/mol. The first-order valence-electron chi connectivity index (χ1n) is 54.7. The molecule has 762 valence electrons. The molecule has 25 heteroatoms. The van der Waals surface area contributed by atoms with E-state index >= 15 is 0 Å². The van der Waals surface area contributed by atoms with E-state index in [0.29, 0.717) is 56.1 Å². The number of nitrogens with zero attached hydrogens (tertiary/aromatic N) is 10. The van der Waals surface area contributed by atoms with E-state index in [2.05, 4.69) is 179 Å². The Morgan fingerprint density at radius 3 is 0.757 bits per heavy atom. The summed E-state index contributed by atoms with van der Waals surface area (Å²) < 4.78 is 59.3. The van der Waals surface area contributed by atoms with Crippen molar-refractivity contribution in [2.45, 2.75) is 255 Å². The maximum Gasteiger partial charge on any atom is 0.139 e. The molecule has 0 spiro atoms. The summed E-state index contributed by atoms with van der Waals surface area (Å²) in [6.45, 7) is 27.8. The van der Waals surface area contributed by atoms with Crippen molar-refractivity contribution in [1.82, 2.24) is 51.5 Å². The van der Waals surface area contributed by atoms with Crippen molar-refractivity contribution in [3.8, 4) is 28.7 Å². The van der Waals surface area contributed by atoms with Crippen LogP contribution in [-0.2, 0) is 43.5 Å². The van der Waals surface area contributed by atoms with Crippen molar-refractivity contribution in [1.29, 1.82) is 0 Å². The van der Waals surface area contributed by atoms with Crippen LogP contribution in [0.25, 0.3) is 0 Å². The molecule has 12 aliphatic rings. The van der Waals surface area contributed by atoms with Crippen LogP contribution in [0.1, 0.15) is 216 Å². The van der Waals surface area contributed by atoms with Gasteiger partial charge < -0.3 is 98.5 Å². The van der Waals surface area contributed by atoms with Crippen LogP contribution in [0.15, 0.2) is 183 Å². The van der Waals surface area contributed by atoms with E-state index in [9.17, 15) is 0 Å². The second-order valence-corrected chi connectivity index (χ2v) is 41.4. The molecule has 25 nitrogen and oxygen atoms in total. The Morgan fingerprint density at radius 2 is 0.507 bits per heavy atom. The quantitative estimate of drug-likeness (QED) is 0.0223. The summed E-state index contributed by atoms with van der Waals surface area (Å²) in [5.74, 6) is 9.20. The smallest absolute Gasteiger partial charge is 0.139 e. The minimum atomic E-state index is 0.474. The van der Waals surface area contributed by atoms with Gasteiger partial charge in [0.25, 0.3) is 0 Å². The predicted octanol–water partition coefficient (Wildman–Crippen LogP) is 19.1. The highest BCUT2D eigenvalue weighted by Crippen LogP contribution is 2.36. The highest BCUT2D eigenvalue weighted by molar-refractivity contribution is 5.52. The molecule has 2 aliphatic carbocycles. The van der Waals surface area contributed by atoms with Crippen LogP contribution < -0.4 is 74.8 Å². The van der Waals surface area contributed by atoms with Crippen LogP contribution in [0.4, 0.5) is 28.4 Å². The summed E-state index contributed by atoms with van der Waals surface area (Å²) in [6, 6.07) is 44.4. The topological polar surface area (TPSA) is 233 Å². The van der Waals surface area contributed by atoms with E-state index in [1.165, 1.54) is 225 Å². The first kappa shape index (κ1) is 104. The van der Waals surface area contributed by atoms with Gasteiger partial charge in [0.05, 0.1) is 116 Å². The lowest BCUT2D eigenvalue weighted by atomic mass is 9.93. The standard InChI is InChI=1S/2C25H35N3O2.C23H31N3O2.2C21H33N3O2/c2*1-2-6-22(7-3-1)19-29-15-11-21-9-13-28(14-10-21)24-16-25(18-26-17-24)30-20-23-8-4-5-12-27-23;1-2-4-20(5-3-1)17-27-13-9-19-7-11-26(12-8-19)22-14-23(16-24-15-22)28-18-21-6-10-25-21;1-4-20(5-1)25-12-8-17-6-10-24(11-7-17)19-13-21(15-22-14-19)26-16-18-3-2-9-23-18;1-2-19(23-8-1)16-26-21-12-20(13-22-14-21)24-9-5-17(6-10-24)7-11-25-15-18-3-4-18/h2*1-3,6-7,16-18,21,23,27H,4-5,8-15,19-20H2;1-5,14-16,19,21,25H,6-13,17-18H2;13-15,17-18,20,23H,1-12,16H2;12-14,17-19,23H,1-11,15-16H2/t23-;;21-;18-;19-/m0.100/s1. The molecule has 0 bridgehead atoms. The van der Waals surface area contributed by atoms with Gasteiger partial charge in [-0.05, 0) is 271 Å². The SMILES string of the molecule is c1ccc(COCCC2CCN(c3cncc(OCC4CCCCN4)c3)CC2)cc1.c1ccc(COCCC2CCN(c3cncc(OC[C@@H]4CCCCN4)c3)CC2)cc1.c1ccc(COCCC2CCN(c3cncc(OC[C@H]4CCN4)c3)CC2)cc1.c1ncc(N2CCC(CCOC3CCC3)CC2)cc1OC[C@@H]1CCCN1.c1ncc(N2CCC(CCOCC3CC3)CC2)cc1OC[C@@H]1CCCN1. The number of pyridine rings is 5. The zero-order valence-electron chi connectivity index (χ0n) is 84.2. The Kier molecular flexibility index (Phi) is 44.0. The third-order valence-corrected chi connectivity index (χ3v) is 30.7. The van der Waals surface area contributed by atoms with Crippen molar-refractivity contribution in [3.05, 3.63) is 200 Å². The molecule has 15 heterocycles. The van der Waals surface area contributed by atoms with Crippen molar-refractivity contribution in [3.63, 3.8) is 0 Å². The predicted molar refractivity (Wildman–Crippen MR) is 562 cm³/mol. The molecule has 10 saturated heterocycles. The number of benzene rings is 3. The molecule has 5 atom stereocenters. The second kappa shape index (κ2) is 59.3. The largest absolute Gasteiger partial charge is 0.490 e. The van der Waals surface area contributed by atoms with Crippen LogP contribution in [-0.4, -0.2) is 232 Å². The van der Waals surface area contributed by atoms with Gasteiger partial charge in [-0.25, -0.2) is 0 Å². The summed E-state index contributed by atoms with van der Waals surface area (Å²) in [4.78, 5) is 34.3. The molecular weight excluding hydrogens is 1750 g/mol. The number of rotatable bonds is 44. The van der Waals surface area contributed by atoms with Gasteiger partial charge in [0.2, 0.25) is 0 Å². The fraction of sp³-hybridized carbons (Fsp3) is 0.626. The fourth-order valence-corrected chi connectivity index (χ4v) is 20.9. The molecule has 12 fully saturated rings. The molecular formula is C115H167N15O10. The number of ether oxygens (including phenoxy) is 10. The molecule has 1 unspecified atom stereocenters. The summed E-state index contributed by atoms with van der Waals surface area (Å²) in [7, 11) is 0. The van der Waals surface area contributed by atoms with Gasteiger partial charge in [-0.1, -0.05) is 104 Å². The lowest BCUT2D eigenvalue weighted by Crippen LogP contribution is -2.46. The van der Waals surface area contributed by atoms with Gasteiger partial charge in [0.15, 0.2) is 0 Å². The van der Waals surface area contributed by atoms with Crippen LogP contribution in [0, 0.1) is 35.5 Å². The van der Waals surface area contributed by atoms with Crippen LogP contribution in [0.2, 0.25) is 0 Å². The molecule has 8 aromatic rings. The molecule has 10 aliphatic heterocycles. The third kappa shape index (κ3) is 37.0. The Bertz CT molecular complexity index is 4510. The van der Waals surface area contributed by atoms with Gasteiger partial charge in [0, 0.05) is 166 Å². The normalized spacial score (nSPS) is 21.7. The highest BCUT2D eigenvalue weighted by Gasteiger charge is 2.30. The third-order valence-electron chi connectivity index (χ3n) is 30.7. The number of anilines is 5. The number of piperidine rings is 7. The Hall–Kier alpha value is -8.99. The highest BCUT2D eigenvalue weighted by atomic mass is 16.5. The molecule has 20 rings (SSSR count).